The highest BCUT2D eigenvalue weighted by molar-refractivity contribution is 8.93. The Morgan fingerprint density at radius 1 is 0.808 bits per heavy atom. The highest BCUT2D eigenvalue weighted by Gasteiger charge is 2.04. The number of hydrogen-bond acceptors (Lipinski definition) is 4. The quantitative estimate of drug-likeness (QED) is 0.213. The molecular formula is C21H44BrNO3. The van der Waals surface area contributed by atoms with Crippen LogP contribution in [0.5, 0.6) is 0 Å². The number of nitrogens with zero attached hydrogens (tertiary/aromatic N) is 1. The van der Waals surface area contributed by atoms with Gasteiger partial charge in [0.15, 0.2) is 0 Å². The van der Waals surface area contributed by atoms with Crippen molar-refractivity contribution in [3.63, 3.8) is 0 Å². The lowest BCUT2D eigenvalue weighted by atomic mass is 10.0. The molecule has 0 atom stereocenters. The number of unbranched alkanes of at least 4 members (excludes halogenated alkanes) is 12. The first-order valence-electron chi connectivity index (χ1n) is 10.7. The Hall–Kier alpha value is -0.130. The molecule has 0 fully saturated rings. The third-order valence-corrected chi connectivity index (χ3v) is 4.70. The van der Waals surface area contributed by atoms with Gasteiger partial charge in [0.2, 0.25) is 0 Å². The molecular weight excluding hydrogens is 394 g/mol. The van der Waals surface area contributed by atoms with E-state index in [9.17, 15) is 4.79 Å². The number of halogens is 1. The average molecular weight is 438 g/mol. The van der Waals surface area contributed by atoms with Crippen LogP contribution in [-0.2, 0) is 9.53 Å². The van der Waals surface area contributed by atoms with Gasteiger partial charge in [-0.05, 0) is 13.5 Å². The third kappa shape index (κ3) is 21.9. The van der Waals surface area contributed by atoms with E-state index in [1.165, 1.54) is 70.6 Å². The molecule has 26 heavy (non-hydrogen) atoms. The van der Waals surface area contributed by atoms with Gasteiger partial charge in [-0.1, -0.05) is 84.0 Å². The van der Waals surface area contributed by atoms with Crippen molar-refractivity contribution in [2.75, 3.05) is 33.4 Å². The van der Waals surface area contributed by atoms with Crippen molar-refractivity contribution in [1.29, 1.82) is 0 Å². The number of aliphatic hydroxyl groups is 1. The maximum atomic E-state index is 11.6. The second-order valence-electron chi connectivity index (χ2n) is 7.24. The van der Waals surface area contributed by atoms with E-state index >= 15 is 0 Å². The van der Waals surface area contributed by atoms with Gasteiger partial charge in [0.1, 0.15) is 6.61 Å². The monoisotopic (exact) mass is 437 g/mol. The van der Waals surface area contributed by atoms with Crippen molar-refractivity contribution in [3.05, 3.63) is 0 Å². The lowest BCUT2D eigenvalue weighted by Crippen LogP contribution is -2.27. The number of esters is 1. The fourth-order valence-electron chi connectivity index (χ4n) is 2.96. The summed E-state index contributed by atoms with van der Waals surface area (Å²) < 4.78 is 5.20. The molecule has 0 spiro atoms. The first-order chi connectivity index (χ1) is 12.2. The standard InChI is InChI=1S/C21H43NO3.BrH/c1-3-4-5-6-7-8-9-10-11-12-13-14-15-16-21(24)25-20-18-22(2)17-19-23;/h23H,3-20H2,1-2H3;1H. The maximum Gasteiger partial charge on any atom is 0.305 e. The minimum Gasteiger partial charge on any atom is -0.464 e. The van der Waals surface area contributed by atoms with Crippen LogP contribution in [0.1, 0.15) is 96.8 Å². The fourth-order valence-corrected chi connectivity index (χ4v) is 2.96. The van der Waals surface area contributed by atoms with E-state index in [2.05, 4.69) is 6.92 Å². The van der Waals surface area contributed by atoms with Crippen molar-refractivity contribution in [3.8, 4) is 0 Å². The number of carbonyl (C=O) groups is 1. The lowest BCUT2D eigenvalue weighted by molar-refractivity contribution is -0.144. The molecule has 5 heteroatoms. The van der Waals surface area contributed by atoms with Gasteiger partial charge < -0.3 is 14.7 Å². The van der Waals surface area contributed by atoms with E-state index in [4.69, 9.17) is 9.84 Å². The first kappa shape index (κ1) is 28.1. The molecule has 0 aromatic carbocycles. The average Bonchev–Trinajstić information content (AvgIpc) is 2.59. The van der Waals surface area contributed by atoms with Gasteiger partial charge in [-0.25, -0.2) is 0 Å². The number of rotatable bonds is 19. The summed E-state index contributed by atoms with van der Waals surface area (Å²) in [5.74, 6) is -0.0829. The SMILES string of the molecule is Br.CCCCCCCCCCCCCCCC(=O)OCCN(C)CCO. The van der Waals surface area contributed by atoms with Crippen molar-refractivity contribution < 1.29 is 14.6 Å². The molecule has 1 N–H and O–H groups in total. The lowest BCUT2D eigenvalue weighted by Gasteiger charge is -2.14. The van der Waals surface area contributed by atoms with Crippen LogP contribution in [-0.4, -0.2) is 49.3 Å². The van der Waals surface area contributed by atoms with E-state index in [0.29, 0.717) is 26.1 Å². The first-order valence-corrected chi connectivity index (χ1v) is 10.7. The highest BCUT2D eigenvalue weighted by Crippen LogP contribution is 2.13. The molecule has 0 rings (SSSR count). The number of hydrogen-bond donors (Lipinski definition) is 1. The Kier molecular flexibility index (Phi) is 24.7. The molecule has 0 radical (unpaired) electrons. The summed E-state index contributed by atoms with van der Waals surface area (Å²) in [4.78, 5) is 13.6. The fraction of sp³-hybridized carbons (Fsp3) is 0.952. The van der Waals surface area contributed by atoms with Gasteiger partial charge in [0.05, 0.1) is 6.61 Å². The van der Waals surface area contributed by atoms with Crippen LogP contribution in [0, 0.1) is 0 Å². The minimum absolute atomic E-state index is 0. The summed E-state index contributed by atoms with van der Waals surface area (Å²) in [7, 11) is 1.91. The van der Waals surface area contributed by atoms with Crippen LogP contribution in [0.3, 0.4) is 0 Å². The largest absolute Gasteiger partial charge is 0.464 e. The number of carbonyl (C=O) groups excluding carboxylic acids is 1. The summed E-state index contributed by atoms with van der Waals surface area (Å²) in [6.45, 7) is 4.14. The summed E-state index contributed by atoms with van der Waals surface area (Å²) in [6, 6.07) is 0. The van der Waals surface area contributed by atoms with Crippen molar-refractivity contribution in [2.24, 2.45) is 0 Å². The van der Waals surface area contributed by atoms with Crippen LogP contribution in [0.15, 0.2) is 0 Å². The molecule has 0 saturated carbocycles. The molecule has 0 amide bonds. The Morgan fingerprint density at radius 3 is 1.73 bits per heavy atom. The van der Waals surface area contributed by atoms with Gasteiger partial charge in [-0.3, -0.25) is 4.79 Å². The highest BCUT2D eigenvalue weighted by atomic mass is 79.9. The van der Waals surface area contributed by atoms with Gasteiger partial charge >= 0.3 is 5.97 Å². The number of ether oxygens (including phenoxy) is 1. The molecule has 0 bridgehead atoms. The van der Waals surface area contributed by atoms with Gasteiger partial charge in [0.25, 0.3) is 0 Å². The smallest absolute Gasteiger partial charge is 0.305 e. The van der Waals surface area contributed by atoms with E-state index < -0.39 is 0 Å². The molecule has 0 heterocycles. The van der Waals surface area contributed by atoms with Crippen LogP contribution in [0.4, 0.5) is 0 Å². The van der Waals surface area contributed by atoms with Gasteiger partial charge in [0, 0.05) is 19.5 Å². The molecule has 0 aliphatic carbocycles. The molecule has 0 aromatic rings. The Labute approximate surface area is 172 Å². The predicted octanol–water partition coefficient (Wildman–Crippen LogP) is 5.51. The van der Waals surface area contributed by atoms with Gasteiger partial charge in [-0.2, -0.15) is 0 Å². The number of aliphatic hydroxyl groups excluding tert-OH is 1. The Morgan fingerprint density at radius 2 is 1.27 bits per heavy atom. The molecule has 0 saturated heterocycles. The van der Waals surface area contributed by atoms with Crippen LogP contribution < -0.4 is 0 Å². The summed E-state index contributed by atoms with van der Waals surface area (Å²) in [6.07, 6.45) is 17.7. The van der Waals surface area contributed by atoms with Crippen LogP contribution >= 0.6 is 17.0 Å². The molecule has 0 aromatic heterocycles. The van der Waals surface area contributed by atoms with E-state index in [1.54, 1.807) is 0 Å². The van der Waals surface area contributed by atoms with Gasteiger partial charge in [-0.15, -0.1) is 17.0 Å². The zero-order valence-electron chi connectivity index (χ0n) is 17.3. The number of likely N-dealkylation sites (N-methyl/N-ethyl adjacent to an activating group) is 1. The Bertz CT molecular complexity index is 290. The maximum absolute atomic E-state index is 11.6. The van der Waals surface area contributed by atoms with E-state index in [-0.39, 0.29) is 29.6 Å². The Balaban J connectivity index is 0. The topological polar surface area (TPSA) is 49.8 Å². The zero-order chi connectivity index (χ0) is 18.6. The van der Waals surface area contributed by atoms with Crippen LogP contribution in [0.2, 0.25) is 0 Å². The third-order valence-electron chi connectivity index (χ3n) is 4.70. The molecule has 4 nitrogen and oxygen atoms in total. The van der Waals surface area contributed by atoms with E-state index in [1.807, 2.05) is 11.9 Å². The summed E-state index contributed by atoms with van der Waals surface area (Å²) in [5, 5.41) is 8.78. The van der Waals surface area contributed by atoms with Crippen LogP contribution in [0.25, 0.3) is 0 Å². The second kappa shape index (κ2) is 22.9. The predicted molar refractivity (Wildman–Crippen MR) is 116 cm³/mol. The minimum atomic E-state index is -0.0829. The summed E-state index contributed by atoms with van der Waals surface area (Å²) >= 11 is 0. The molecule has 0 unspecified atom stereocenters. The summed E-state index contributed by atoms with van der Waals surface area (Å²) in [5.41, 5.74) is 0. The molecule has 0 aliphatic rings. The van der Waals surface area contributed by atoms with Crippen molar-refractivity contribution in [2.45, 2.75) is 96.8 Å². The zero-order valence-corrected chi connectivity index (χ0v) is 19.1. The molecule has 158 valence electrons. The molecule has 0 aliphatic heterocycles. The van der Waals surface area contributed by atoms with E-state index in [0.717, 1.165) is 12.8 Å². The van der Waals surface area contributed by atoms with Crippen molar-refractivity contribution in [1.82, 2.24) is 4.90 Å². The van der Waals surface area contributed by atoms with Crippen molar-refractivity contribution >= 4 is 23.0 Å². The normalized spacial score (nSPS) is 10.8. The second-order valence-corrected chi connectivity index (χ2v) is 7.24.